The number of hydrogen-bond donors (Lipinski definition) is 0. The molecule has 0 saturated carbocycles. The van der Waals surface area contributed by atoms with Gasteiger partial charge in [0, 0.05) is 21.7 Å². The number of hydrogen-bond acceptors (Lipinski definition) is 8. The molecule has 8 nitrogen and oxygen atoms in total. The van der Waals surface area contributed by atoms with Crippen LogP contribution in [0.4, 0.5) is 0 Å². The fraction of sp³-hybridized carbons (Fsp3) is 0.273. The Balaban J connectivity index is 0.000000231. The Morgan fingerprint density at radius 1 is 0.169 bits per heavy atom. The van der Waals surface area contributed by atoms with Gasteiger partial charge in [0.15, 0.2) is 0 Å². The Bertz CT molecular complexity index is 4250. The first-order chi connectivity index (χ1) is 57.9. The number of unbranched alkanes of at least 4 members (excludes halogenated alkanes) is 8. The second-order valence-electron chi connectivity index (χ2n) is 30.8. The van der Waals surface area contributed by atoms with Crippen molar-refractivity contribution >= 4 is 0 Å². The highest BCUT2D eigenvalue weighted by Crippen LogP contribution is 2.45. The molecular formula is C110H120O8. The van der Waals surface area contributed by atoms with Gasteiger partial charge in [0.1, 0.15) is 46.0 Å². The third-order valence-corrected chi connectivity index (χ3v) is 22.8. The molecule has 0 aliphatic carbocycles. The lowest BCUT2D eigenvalue weighted by atomic mass is 9.71. The van der Waals surface area contributed by atoms with E-state index < -0.39 is 0 Å². The normalized spacial score (nSPS) is 13.1. The van der Waals surface area contributed by atoms with Crippen LogP contribution in [-0.4, -0.2) is 52.9 Å². The van der Waals surface area contributed by atoms with Gasteiger partial charge in [-0.15, -0.1) is 26.3 Å². The molecule has 0 aromatic heterocycles. The Kier molecular flexibility index (Phi) is 33.5. The molecule has 608 valence electrons. The van der Waals surface area contributed by atoms with Crippen LogP contribution in [0.5, 0.6) is 46.0 Å². The third-order valence-electron chi connectivity index (χ3n) is 22.8. The molecule has 0 amide bonds. The van der Waals surface area contributed by atoms with E-state index in [9.17, 15) is 0 Å². The average molecular weight is 1570 g/mol. The van der Waals surface area contributed by atoms with Gasteiger partial charge >= 0.3 is 0 Å². The summed E-state index contributed by atoms with van der Waals surface area (Å²) >= 11 is 0. The molecular weight excluding hydrogens is 1450 g/mol. The second-order valence-corrected chi connectivity index (χ2v) is 30.8. The highest BCUT2D eigenvalue weighted by molar-refractivity contribution is 5.56. The predicted molar refractivity (Wildman–Crippen MR) is 489 cm³/mol. The van der Waals surface area contributed by atoms with Crippen LogP contribution in [0.3, 0.4) is 0 Å². The minimum Gasteiger partial charge on any atom is -0.494 e. The highest BCUT2D eigenvalue weighted by Gasteiger charge is 2.35. The molecule has 0 saturated heterocycles. The first-order valence-electron chi connectivity index (χ1n) is 42.4. The van der Waals surface area contributed by atoms with E-state index in [2.05, 4.69) is 369 Å². The molecule has 0 spiro atoms. The van der Waals surface area contributed by atoms with Crippen LogP contribution in [-0.2, 0) is 21.7 Å². The Morgan fingerprint density at radius 2 is 0.297 bits per heavy atom. The van der Waals surface area contributed by atoms with E-state index in [0.29, 0.717) is 52.9 Å². The number of allylic oxidation sites excluding steroid dienone is 4. The molecule has 0 radical (unpaired) electrons. The summed E-state index contributed by atoms with van der Waals surface area (Å²) in [5.74, 6) is 7.09. The zero-order valence-electron chi connectivity index (χ0n) is 70.0. The lowest BCUT2D eigenvalue weighted by Crippen LogP contribution is -2.25. The standard InChI is InChI=1S/2C55H60O4/c2*1-5-7-16-40-56-50-32-24-46(25-33-50)54(3,44-20-12-9-13-21-44)48-28-36-52(37-29-48)58-42-18-11-19-43-59-53-38-30-49(31-39-53)55(4,45-22-14-10-15-23-45)47-26-34-51(35-27-47)57-41-17-8-6-2/h2*5-6,9-10,12-15,20-39H,1-2,7-8,11,16-19,40-43H2,3-4H3. The van der Waals surface area contributed by atoms with Crippen LogP contribution < -0.4 is 37.9 Å². The molecule has 12 aromatic carbocycles. The monoisotopic (exact) mass is 1570 g/mol. The van der Waals surface area contributed by atoms with Gasteiger partial charge in [0.25, 0.3) is 0 Å². The van der Waals surface area contributed by atoms with Crippen molar-refractivity contribution in [3.05, 3.63) is 433 Å². The summed E-state index contributed by atoms with van der Waals surface area (Å²) in [7, 11) is 0. The molecule has 0 fully saturated rings. The summed E-state index contributed by atoms with van der Waals surface area (Å²) in [6.07, 6.45) is 21.3. The summed E-state index contributed by atoms with van der Waals surface area (Å²) in [6, 6.07) is 111. The molecule has 0 bridgehead atoms. The van der Waals surface area contributed by atoms with Crippen LogP contribution in [0.1, 0.15) is 184 Å². The minimum absolute atomic E-state index is 0.337. The maximum atomic E-state index is 6.20. The lowest BCUT2D eigenvalue weighted by molar-refractivity contribution is 0.279. The van der Waals surface area contributed by atoms with Crippen molar-refractivity contribution < 1.29 is 37.9 Å². The van der Waals surface area contributed by atoms with Crippen molar-refractivity contribution in [1.29, 1.82) is 0 Å². The van der Waals surface area contributed by atoms with Crippen LogP contribution in [0.2, 0.25) is 0 Å². The second kappa shape index (κ2) is 45.5. The number of benzene rings is 12. The molecule has 4 unspecified atom stereocenters. The van der Waals surface area contributed by atoms with E-state index >= 15 is 0 Å². The fourth-order valence-corrected chi connectivity index (χ4v) is 15.4. The Labute approximate surface area is 704 Å². The van der Waals surface area contributed by atoms with Crippen LogP contribution in [0, 0.1) is 0 Å². The average Bonchev–Trinajstić information content (AvgIpc) is 0.784. The van der Waals surface area contributed by atoms with Crippen molar-refractivity contribution in [2.75, 3.05) is 52.9 Å². The van der Waals surface area contributed by atoms with E-state index in [0.717, 1.165) is 136 Å². The first-order valence-corrected chi connectivity index (χ1v) is 42.4. The largest absolute Gasteiger partial charge is 0.494 e. The summed E-state index contributed by atoms with van der Waals surface area (Å²) in [5.41, 5.74) is 13.3. The Morgan fingerprint density at radius 3 is 0.432 bits per heavy atom. The van der Waals surface area contributed by atoms with Crippen molar-refractivity contribution in [2.45, 2.75) is 139 Å². The summed E-state index contributed by atoms with van der Waals surface area (Å²) in [4.78, 5) is 0. The van der Waals surface area contributed by atoms with Crippen LogP contribution >= 0.6 is 0 Å². The molecule has 12 aromatic rings. The van der Waals surface area contributed by atoms with Crippen molar-refractivity contribution in [1.82, 2.24) is 0 Å². The maximum absolute atomic E-state index is 6.20. The van der Waals surface area contributed by atoms with Gasteiger partial charge in [-0.25, -0.2) is 0 Å². The summed E-state index contributed by atoms with van der Waals surface area (Å²) in [5, 5.41) is 0. The predicted octanol–water partition coefficient (Wildman–Crippen LogP) is 27.4. The fourth-order valence-electron chi connectivity index (χ4n) is 15.4. The topological polar surface area (TPSA) is 73.8 Å². The van der Waals surface area contributed by atoms with E-state index in [1.807, 2.05) is 24.3 Å². The third kappa shape index (κ3) is 23.6. The summed E-state index contributed by atoms with van der Waals surface area (Å²) in [6.45, 7) is 29.8. The molecule has 0 N–H and O–H groups in total. The van der Waals surface area contributed by atoms with Gasteiger partial charge < -0.3 is 37.9 Å². The van der Waals surface area contributed by atoms with E-state index in [1.54, 1.807) is 0 Å². The van der Waals surface area contributed by atoms with Crippen LogP contribution in [0.25, 0.3) is 0 Å². The minimum atomic E-state index is -0.337. The Hall–Kier alpha value is -12.0. The smallest absolute Gasteiger partial charge is 0.119 e. The molecule has 0 aliphatic rings. The molecule has 118 heavy (non-hydrogen) atoms. The molecule has 0 heterocycles. The van der Waals surface area contributed by atoms with Gasteiger partial charge in [0.05, 0.1) is 52.9 Å². The van der Waals surface area contributed by atoms with Gasteiger partial charge in [-0.2, -0.15) is 0 Å². The quantitative estimate of drug-likeness (QED) is 0.0212. The maximum Gasteiger partial charge on any atom is 0.119 e. The molecule has 0 aliphatic heterocycles. The van der Waals surface area contributed by atoms with Crippen LogP contribution in [0.15, 0.2) is 366 Å². The van der Waals surface area contributed by atoms with Gasteiger partial charge in [0.2, 0.25) is 0 Å². The zero-order valence-corrected chi connectivity index (χ0v) is 70.0. The lowest BCUT2D eigenvalue weighted by Gasteiger charge is -2.32. The van der Waals surface area contributed by atoms with E-state index in [-0.39, 0.29) is 21.7 Å². The number of rotatable bonds is 48. The van der Waals surface area contributed by atoms with Crippen molar-refractivity contribution in [2.24, 2.45) is 0 Å². The van der Waals surface area contributed by atoms with Crippen molar-refractivity contribution in [3.63, 3.8) is 0 Å². The van der Waals surface area contributed by atoms with E-state index in [1.165, 1.54) is 66.8 Å². The highest BCUT2D eigenvalue weighted by atomic mass is 16.5. The van der Waals surface area contributed by atoms with Gasteiger partial charge in [-0.1, -0.05) is 243 Å². The first kappa shape index (κ1) is 86.8. The number of ether oxygens (including phenoxy) is 8. The zero-order chi connectivity index (χ0) is 82.4. The molecule has 4 atom stereocenters. The van der Waals surface area contributed by atoms with Gasteiger partial charge in [-0.3, -0.25) is 0 Å². The summed E-state index contributed by atoms with van der Waals surface area (Å²) < 4.78 is 48.7. The molecule has 8 heteroatoms. The van der Waals surface area contributed by atoms with E-state index in [4.69, 9.17) is 37.9 Å². The van der Waals surface area contributed by atoms with Gasteiger partial charge in [-0.05, 0) is 281 Å². The molecule has 12 rings (SSSR count). The SMILES string of the molecule is C=CCCCOc1ccc(C(C)(c2ccccc2)c2ccc(OCCCCCOc3ccc(C(C)(c4ccccc4)c4ccc(OCCCC=C)cc4)cc3)cc2)cc1.C=CCCCOc1ccc(C(C)(c2ccccc2)c2ccc(OCCCCCOc3ccc(C(C)(c4ccccc4)c4ccc(OCCCC=C)cc4)cc3)cc2)cc1. The van der Waals surface area contributed by atoms with Crippen molar-refractivity contribution in [3.8, 4) is 46.0 Å².